The Kier molecular flexibility index (Phi) is 3.27. The minimum Gasteiger partial charge on any atom is -0.492 e. The maximum atomic E-state index is 13.5. The average Bonchev–Trinajstić information content (AvgIpc) is 2.18. The van der Waals surface area contributed by atoms with Gasteiger partial charge in [-0.25, -0.2) is 4.39 Å². The molecule has 0 amide bonds. The Morgan fingerprint density at radius 3 is 2.31 bits per heavy atom. The highest BCUT2D eigenvalue weighted by Gasteiger charge is 2.36. The maximum absolute atomic E-state index is 13.5. The van der Waals surface area contributed by atoms with Gasteiger partial charge in [-0.1, -0.05) is 0 Å². The highest BCUT2D eigenvalue weighted by atomic mass is 19.4. The quantitative estimate of drug-likeness (QED) is 0.472. The van der Waals surface area contributed by atoms with Crippen molar-refractivity contribution in [3.8, 4) is 5.75 Å². The molecule has 0 aliphatic rings. The van der Waals surface area contributed by atoms with Crippen molar-refractivity contribution in [1.82, 2.24) is 0 Å². The lowest BCUT2D eigenvalue weighted by atomic mass is 10.1. The molecule has 90 valence electrons. The molecule has 0 radical (unpaired) electrons. The summed E-state index contributed by atoms with van der Waals surface area (Å²) in [4.78, 5) is 0. The van der Waals surface area contributed by atoms with Gasteiger partial charge in [0.15, 0.2) is 11.6 Å². The zero-order valence-electron chi connectivity index (χ0n) is 8.57. The summed E-state index contributed by atoms with van der Waals surface area (Å²) in [5.41, 5.74) is 0.868. The summed E-state index contributed by atoms with van der Waals surface area (Å²) in [5, 5.41) is 0. The van der Waals surface area contributed by atoms with E-state index < -0.39 is 23.3 Å². The van der Waals surface area contributed by atoms with E-state index in [1.165, 1.54) is 6.92 Å². The molecule has 0 saturated carbocycles. The second kappa shape index (κ2) is 4.17. The van der Waals surface area contributed by atoms with Gasteiger partial charge in [-0.2, -0.15) is 13.2 Å². The molecule has 0 fully saturated rings. The van der Waals surface area contributed by atoms with E-state index in [1.54, 1.807) is 0 Å². The number of hydrogen-bond donors (Lipinski definition) is 2. The van der Waals surface area contributed by atoms with Gasteiger partial charge in [0, 0.05) is 0 Å². The van der Waals surface area contributed by atoms with E-state index in [4.69, 9.17) is 5.84 Å². The molecular weight excluding hydrogens is 228 g/mol. The number of hydrazine groups is 1. The van der Waals surface area contributed by atoms with Crippen molar-refractivity contribution >= 4 is 5.69 Å². The summed E-state index contributed by atoms with van der Waals surface area (Å²) >= 11 is 0. The molecule has 0 saturated heterocycles. The molecule has 1 aromatic rings. The Balaban J connectivity index is 3.53. The van der Waals surface area contributed by atoms with Gasteiger partial charge in [-0.3, -0.25) is 5.84 Å². The predicted octanol–water partition coefficient (Wildman–Crippen LogP) is 2.45. The number of anilines is 1. The summed E-state index contributed by atoms with van der Waals surface area (Å²) in [6.07, 6.45) is -4.77. The fourth-order valence-corrected chi connectivity index (χ4v) is 1.34. The van der Waals surface area contributed by atoms with Crippen LogP contribution in [0.5, 0.6) is 5.75 Å². The zero-order valence-corrected chi connectivity index (χ0v) is 8.57. The number of nitrogen functional groups attached to an aromatic ring is 1. The van der Waals surface area contributed by atoms with Crippen LogP contribution in [0.1, 0.15) is 11.1 Å². The van der Waals surface area contributed by atoms with E-state index in [0.717, 1.165) is 7.11 Å². The number of nitrogens with two attached hydrogens (primary N) is 1. The van der Waals surface area contributed by atoms with Gasteiger partial charge in [0.05, 0.1) is 18.4 Å². The second-order valence-corrected chi connectivity index (χ2v) is 3.11. The molecule has 0 atom stereocenters. The first kappa shape index (κ1) is 12.6. The molecule has 0 unspecified atom stereocenters. The van der Waals surface area contributed by atoms with Gasteiger partial charge >= 0.3 is 6.18 Å². The molecule has 7 heteroatoms. The summed E-state index contributed by atoms with van der Waals surface area (Å²) in [6, 6.07) is 0.674. The summed E-state index contributed by atoms with van der Waals surface area (Å²) in [5.74, 6) is 3.05. The number of nitrogens with one attached hydrogen (secondary N) is 1. The number of benzene rings is 1. The van der Waals surface area contributed by atoms with Crippen LogP contribution in [0.15, 0.2) is 6.07 Å². The Morgan fingerprint density at radius 1 is 1.38 bits per heavy atom. The molecule has 0 spiro atoms. The number of alkyl halides is 3. The maximum Gasteiger partial charge on any atom is 0.419 e. The van der Waals surface area contributed by atoms with Gasteiger partial charge in [-0.05, 0) is 18.6 Å². The normalized spacial score (nSPS) is 11.4. The lowest BCUT2D eigenvalue weighted by Gasteiger charge is -2.16. The average molecular weight is 238 g/mol. The molecule has 0 bridgehead atoms. The lowest BCUT2D eigenvalue weighted by Crippen LogP contribution is -2.15. The van der Waals surface area contributed by atoms with Crippen molar-refractivity contribution < 1.29 is 22.3 Å². The van der Waals surface area contributed by atoms with E-state index in [2.05, 4.69) is 10.2 Å². The SMILES string of the molecule is COc1c(F)c(C(F)(F)F)cc(C)c1NN. The van der Waals surface area contributed by atoms with E-state index in [0.29, 0.717) is 6.07 Å². The first-order chi connectivity index (χ1) is 7.32. The Bertz CT molecular complexity index is 403. The molecule has 1 aromatic carbocycles. The highest BCUT2D eigenvalue weighted by Crippen LogP contribution is 2.40. The Hall–Kier alpha value is -1.50. The van der Waals surface area contributed by atoms with Crippen LogP contribution in [-0.2, 0) is 6.18 Å². The molecule has 0 aliphatic heterocycles. The monoisotopic (exact) mass is 238 g/mol. The van der Waals surface area contributed by atoms with Crippen LogP contribution in [0.25, 0.3) is 0 Å². The standard InChI is InChI=1S/C9H10F4N2O/c1-4-3-5(9(11,12)13)6(10)8(16-2)7(4)15-14/h3,15H,14H2,1-2H3. The van der Waals surface area contributed by atoms with Crippen LogP contribution < -0.4 is 16.0 Å². The lowest BCUT2D eigenvalue weighted by molar-refractivity contribution is -0.140. The first-order valence-electron chi connectivity index (χ1n) is 4.23. The molecule has 3 nitrogen and oxygen atoms in total. The van der Waals surface area contributed by atoms with Crippen molar-refractivity contribution in [3.05, 3.63) is 23.0 Å². The summed E-state index contributed by atoms with van der Waals surface area (Å²) < 4.78 is 55.3. The number of ether oxygens (including phenoxy) is 1. The smallest absolute Gasteiger partial charge is 0.419 e. The molecular formula is C9H10F4N2O. The van der Waals surface area contributed by atoms with Crippen molar-refractivity contribution in [2.75, 3.05) is 12.5 Å². The van der Waals surface area contributed by atoms with E-state index >= 15 is 0 Å². The van der Waals surface area contributed by atoms with Crippen molar-refractivity contribution in [1.29, 1.82) is 0 Å². The second-order valence-electron chi connectivity index (χ2n) is 3.11. The van der Waals surface area contributed by atoms with Gasteiger partial charge in [0.25, 0.3) is 0 Å². The number of rotatable bonds is 2. The van der Waals surface area contributed by atoms with Gasteiger partial charge in [-0.15, -0.1) is 0 Å². The fourth-order valence-electron chi connectivity index (χ4n) is 1.34. The van der Waals surface area contributed by atoms with Crippen molar-refractivity contribution in [2.45, 2.75) is 13.1 Å². The summed E-state index contributed by atoms with van der Waals surface area (Å²) in [7, 11) is 1.07. The minimum atomic E-state index is -4.77. The molecule has 0 heterocycles. The fraction of sp³-hybridized carbons (Fsp3) is 0.333. The van der Waals surface area contributed by atoms with E-state index in [1.807, 2.05) is 0 Å². The Morgan fingerprint density at radius 2 is 1.94 bits per heavy atom. The zero-order chi connectivity index (χ0) is 12.5. The minimum absolute atomic E-state index is 0.00648. The third-order valence-corrected chi connectivity index (χ3v) is 2.07. The summed E-state index contributed by atoms with van der Waals surface area (Å²) in [6.45, 7) is 1.37. The van der Waals surface area contributed by atoms with Gasteiger partial charge in [0.1, 0.15) is 0 Å². The number of hydrogen-bond acceptors (Lipinski definition) is 3. The van der Waals surface area contributed by atoms with E-state index in [9.17, 15) is 17.6 Å². The van der Waals surface area contributed by atoms with Crippen LogP contribution >= 0.6 is 0 Å². The first-order valence-corrected chi connectivity index (χ1v) is 4.23. The van der Waals surface area contributed by atoms with Crippen LogP contribution in [0, 0.1) is 12.7 Å². The van der Waals surface area contributed by atoms with Crippen LogP contribution in [-0.4, -0.2) is 7.11 Å². The van der Waals surface area contributed by atoms with Crippen LogP contribution in [0.3, 0.4) is 0 Å². The largest absolute Gasteiger partial charge is 0.492 e. The van der Waals surface area contributed by atoms with Crippen LogP contribution in [0.4, 0.5) is 23.2 Å². The van der Waals surface area contributed by atoms with E-state index in [-0.39, 0.29) is 11.3 Å². The number of methoxy groups -OCH3 is 1. The molecule has 0 aromatic heterocycles. The third kappa shape index (κ3) is 2.04. The van der Waals surface area contributed by atoms with Crippen molar-refractivity contribution in [3.63, 3.8) is 0 Å². The van der Waals surface area contributed by atoms with Crippen LogP contribution in [0.2, 0.25) is 0 Å². The highest BCUT2D eigenvalue weighted by molar-refractivity contribution is 5.63. The molecule has 16 heavy (non-hydrogen) atoms. The third-order valence-electron chi connectivity index (χ3n) is 2.07. The van der Waals surface area contributed by atoms with Crippen molar-refractivity contribution in [2.24, 2.45) is 5.84 Å². The number of halogens is 4. The van der Waals surface area contributed by atoms with Gasteiger partial charge in [0.2, 0.25) is 0 Å². The molecule has 3 N–H and O–H groups in total. The molecule has 1 rings (SSSR count). The van der Waals surface area contributed by atoms with Gasteiger partial charge < -0.3 is 10.2 Å². The topological polar surface area (TPSA) is 47.3 Å². The Labute approximate surface area is 89.2 Å². The number of aryl methyl sites for hydroxylation is 1. The molecule has 0 aliphatic carbocycles. The predicted molar refractivity (Wildman–Crippen MR) is 50.5 cm³/mol.